The van der Waals surface area contributed by atoms with Crippen molar-refractivity contribution in [2.45, 2.75) is 65.3 Å². The number of carboxylic acid groups (broad SMARTS) is 1. The zero-order chi connectivity index (χ0) is 21.3. The maximum absolute atomic E-state index is 12.3. The van der Waals surface area contributed by atoms with E-state index in [4.69, 9.17) is 10.8 Å². The van der Waals surface area contributed by atoms with Crippen LogP contribution in [0.3, 0.4) is 0 Å². The number of hydrogen-bond acceptors (Lipinski definition) is 6. The maximum Gasteiger partial charge on any atom is 0.328 e. The third-order valence-corrected chi connectivity index (χ3v) is 3.80. The number of nitrogens with two attached hydrogens (primary N) is 1. The van der Waals surface area contributed by atoms with Gasteiger partial charge >= 0.3 is 5.97 Å². The van der Waals surface area contributed by atoms with Crippen LogP contribution in [0.2, 0.25) is 0 Å². The molecule has 0 spiro atoms. The summed E-state index contributed by atoms with van der Waals surface area (Å²) in [7, 11) is 0. The van der Waals surface area contributed by atoms with Crippen LogP contribution in [0.4, 0.5) is 0 Å². The average Bonchev–Trinajstić information content (AvgIpc) is 2.53. The minimum Gasteiger partial charge on any atom is -0.480 e. The van der Waals surface area contributed by atoms with Crippen molar-refractivity contribution in [1.82, 2.24) is 16.0 Å². The summed E-state index contributed by atoms with van der Waals surface area (Å²) in [6, 6.07) is -3.26. The molecule has 10 heteroatoms. The molecule has 0 aromatic rings. The van der Waals surface area contributed by atoms with Gasteiger partial charge in [0, 0.05) is 0 Å². The first-order valence-electron chi connectivity index (χ1n) is 8.90. The van der Waals surface area contributed by atoms with Crippen LogP contribution in [-0.4, -0.2) is 64.7 Å². The van der Waals surface area contributed by atoms with Crippen LogP contribution in [0.1, 0.15) is 41.0 Å². The maximum atomic E-state index is 12.3. The number of aliphatic hydroxyl groups excluding tert-OH is 1. The molecule has 0 aromatic carbocycles. The summed E-state index contributed by atoms with van der Waals surface area (Å²) in [6.07, 6.45) is -0.836. The fraction of sp³-hybridized carbons (Fsp3) is 0.765. The minimum atomic E-state index is -1.50. The highest BCUT2D eigenvalue weighted by Crippen LogP contribution is 2.04. The van der Waals surface area contributed by atoms with Gasteiger partial charge in [0.1, 0.15) is 6.04 Å². The van der Waals surface area contributed by atoms with Crippen molar-refractivity contribution < 1.29 is 29.4 Å². The summed E-state index contributed by atoms with van der Waals surface area (Å²) in [5.74, 6) is -3.34. The molecule has 156 valence electrons. The van der Waals surface area contributed by atoms with Crippen LogP contribution in [0.5, 0.6) is 0 Å². The Labute approximate surface area is 159 Å². The fourth-order valence-corrected chi connectivity index (χ4v) is 2.30. The number of carbonyl (C=O) groups is 4. The van der Waals surface area contributed by atoms with Crippen molar-refractivity contribution in [2.24, 2.45) is 17.6 Å². The molecule has 0 saturated heterocycles. The number of nitrogens with one attached hydrogen (secondary N) is 3. The Hall–Kier alpha value is -2.20. The van der Waals surface area contributed by atoms with E-state index in [2.05, 4.69) is 16.0 Å². The molecule has 0 aliphatic heterocycles. The van der Waals surface area contributed by atoms with Gasteiger partial charge in [-0.05, 0) is 25.2 Å². The number of hydrogen-bond donors (Lipinski definition) is 6. The third kappa shape index (κ3) is 9.34. The van der Waals surface area contributed by atoms with E-state index in [1.165, 1.54) is 6.92 Å². The lowest BCUT2D eigenvalue weighted by Gasteiger charge is -2.25. The van der Waals surface area contributed by atoms with Gasteiger partial charge in [-0.2, -0.15) is 0 Å². The van der Waals surface area contributed by atoms with Crippen molar-refractivity contribution >= 4 is 23.7 Å². The van der Waals surface area contributed by atoms with Gasteiger partial charge in [0.2, 0.25) is 17.7 Å². The molecular formula is C17H32N4O6. The summed E-state index contributed by atoms with van der Waals surface area (Å²) in [5.41, 5.74) is 5.73. The number of aliphatic carboxylic acids is 1. The Bertz CT molecular complexity index is 536. The monoisotopic (exact) mass is 388 g/mol. The second-order valence-electron chi connectivity index (χ2n) is 7.31. The van der Waals surface area contributed by atoms with Gasteiger partial charge in [-0.15, -0.1) is 0 Å². The Morgan fingerprint density at radius 3 is 1.89 bits per heavy atom. The second-order valence-corrected chi connectivity index (χ2v) is 7.31. The number of carboxylic acids is 1. The zero-order valence-corrected chi connectivity index (χ0v) is 16.5. The highest BCUT2D eigenvalue weighted by molar-refractivity contribution is 5.92. The van der Waals surface area contributed by atoms with E-state index >= 15 is 0 Å². The first-order chi connectivity index (χ1) is 12.4. The first kappa shape index (κ1) is 24.8. The molecule has 0 bridgehead atoms. The third-order valence-electron chi connectivity index (χ3n) is 3.80. The van der Waals surface area contributed by atoms with E-state index in [9.17, 15) is 24.3 Å². The number of aliphatic hydroxyl groups is 1. The predicted octanol–water partition coefficient (Wildman–Crippen LogP) is -1.43. The normalized spacial score (nSPS) is 15.6. The molecule has 0 heterocycles. The SMILES string of the molecule is CC(C)C[C@H](N)C(=O)NCC(=O)N[C@H](C(=O)N[C@H](C(=O)O)[C@@H](C)O)C(C)C. The molecule has 0 rings (SSSR count). The van der Waals surface area contributed by atoms with Gasteiger partial charge in [0.15, 0.2) is 6.04 Å². The molecule has 7 N–H and O–H groups in total. The highest BCUT2D eigenvalue weighted by Gasteiger charge is 2.31. The Morgan fingerprint density at radius 1 is 0.926 bits per heavy atom. The van der Waals surface area contributed by atoms with Gasteiger partial charge in [-0.25, -0.2) is 4.79 Å². The molecular weight excluding hydrogens is 356 g/mol. The Balaban J connectivity index is 4.77. The van der Waals surface area contributed by atoms with Crippen molar-refractivity contribution in [3.8, 4) is 0 Å². The van der Waals surface area contributed by atoms with Crippen LogP contribution in [0.25, 0.3) is 0 Å². The molecule has 0 radical (unpaired) electrons. The highest BCUT2D eigenvalue weighted by atomic mass is 16.4. The van der Waals surface area contributed by atoms with Crippen LogP contribution < -0.4 is 21.7 Å². The van der Waals surface area contributed by atoms with Gasteiger partial charge in [0.25, 0.3) is 0 Å². The summed E-state index contributed by atoms with van der Waals surface area (Å²) in [6.45, 7) is 8.05. The van der Waals surface area contributed by atoms with Gasteiger partial charge in [-0.3, -0.25) is 14.4 Å². The number of carbonyl (C=O) groups excluding carboxylic acids is 3. The molecule has 10 nitrogen and oxygen atoms in total. The minimum absolute atomic E-state index is 0.227. The summed E-state index contributed by atoms with van der Waals surface area (Å²) >= 11 is 0. The topological polar surface area (TPSA) is 171 Å². The molecule has 0 aliphatic rings. The fourth-order valence-electron chi connectivity index (χ4n) is 2.30. The van der Waals surface area contributed by atoms with Gasteiger partial charge < -0.3 is 31.9 Å². The molecule has 0 saturated carbocycles. The quantitative estimate of drug-likeness (QED) is 0.252. The van der Waals surface area contributed by atoms with E-state index in [1.807, 2.05) is 13.8 Å². The summed E-state index contributed by atoms with van der Waals surface area (Å²) in [4.78, 5) is 47.3. The standard InChI is InChI=1S/C17H32N4O6/c1-8(2)6-11(18)15(24)19-7-12(23)20-13(9(3)4)16(25)21-14(10(5)22)17(26)27/h8-11,13-14,22H,6-7,18H2,1-5H3,(H,19,24)(H,20,23)(H,21,25)(H,26,27)/t10-,11+,13+,14+/m1/s1. The smallest absolute Gasteiger partial charge is 0.328 e. The molecule has 0 aromatic heterocycles. The largest absolute Gasteiger partial charge is 0.480 e. The predicted molar refractivity (Wildman–Crippen MR) is 98.5 cm³/mol. The molecule has 0 unspecified atom stereocenters. The Kier molecular flexibility index (Phi) is 10.6. The lowest BCUT2D eigenvalue weighted by atomic mass is 10.0. The number of rotatable bonds is 11. The summed E-state index contributed by atoms with van der Waals surface area (Å²) in [5, 5.41) is 25.5. The van der Waals surface area contributed by atoms with Crippen LogP contribution in [-0.2, 0) is 19.2 Å². The van der Waals surface area contributed by atoms with Crippen molar-refractivity contribution in [2.75, 3.05) is 6.54 Å². The van der Waals surface area contributed by atoms with E-state index < -0.39 is 47.9 Å². The molecule has 3 amide bonds. The lowest BCUT2D eigenvalue weighted by Crippen LogP contribution is -2.57. The molecule has 27 heavy (non-hydrogen) atoms. The van der Waals surface area contributed by atoms with Crippen LogP contribution >= 0.6 is 0 Å². The Morgan fingerprint density at radius 2 is 1.48 bits per heavy atom. The van der Waals surface area contributed by atoms with Gasteiger partial charge in [0.05, 0.1) is 18.7 Å². The van der Waals surface area contributed by atoms with Crippen molar-refractivity contribution in [3.05, 3.63) is 0 Å². The molecule has 0 aliphatic carbocycles. The van der Waals surface area contributed by atoms with Crippen molar-refractivity contribution in [3.63, 3.8) is 0 Å². The average molecular weight is 388 g/mol. The first-order valence-corrected chi connectivity index (χ1v) is 8.90. The van der Waals surface area contributed by atoms with E-state index in [-0.39, 0.29) is 18.4 Å². The van der Waals surface area contributed by atoms with E-state index in [0.29, 0.717) is 6.42 Å². The molecule has 4 atom stereocenters. The second kappa shape index (κ2) is 11.5. The lowest BCUT2D eigenvalue weighted by molar-refractivity contribution is -0.145. The summed E-state index contributed by atoms with van der Waals surface area (Å²) < 4.78 is 0. The van der Waals surface area contributed by atoms with E-state index in [1.54, 1.807) is 13.8 Å². The zero-order valence-electron chi connectivity index (χ0n) is 16.5. The molecule has 0 fully saturated rings. The van der Waals surface area contributed by atoms with E-state index in [0.717, 1.165) is 0 Å². The number of amides is 3. The van der Waals surface area contributed by atoms with Crippen LogP contribution in [0, 0.1) is 11.8 Å². The van der Waals surface area contributed by atoms with Crippen LogP contribution in [0.15, 0.2) is 0 Å². The van der Waals surface area contributed by atoms with Crippen molar-refractivity contribution in [1.29, 1.82) is 0 Å². The van der Waals surface area contributed by atoms with Gasteiger partial charge in [-0.1, -0.05) is 27.7 Å².